The molecule has 200 valence electrons. The van der Waals surface area contributed by atoms with E-state index in [1.165, 1.54) is 12.3 Å². The molecule has 1 aromatic heterocycles. The van der Waals surface area contributed by atoms with Crippen molar-refractivity contribution in [3.8, 4) is 5.75 Å². The van der Waals surface area contributed by atoms with Gasteiger partial charge in [-0.25, -0.2) is 18.2 Å². The van der Waals surface area contributed by atoms with E-state index < -0.39 is 30.3 Å². The van der Waals surface area contributed by atoms with E-state index in [9.17, 15) is 22.8 Å². The number of anilines is 1. The number of rotatable bonds is 8. The normalized spacial score (nSPS) is 21.2. The molecule has 12 heteroatoms. The number of pyridine rings is 1. The SMILES string of the molecule is CC(C)(Oc1ccc(F)c(Cl)c1Cl)C(=O)NC1CC2CCC(C1)N2c1ccc(C(=O)NCC(F)F)cn1. The molecule has 2 fully saturated rings. The van der Waals surface area contributed by atoms with Gasteiger partial charge in [0.25, 0.3) is 18.2 Å². The standard InChI is InChI=1S/C25H27Cl2F3N4O3/c1-25(2,37-18-7-6-17(28)21(26)22(18)27)24(36)33-14-9-15-4-5-16(10-14)34(15)20-8-3-13(11-31-20)23(35)32-12-19(29)30/h3,6-8,11,14-16,19H,4-5,9-10,12H2,1-2H3,(H,32,35)(H,33,36). The van der Waals surface area contributed by atoms with E-state index in [1.807, 2.05) is 0 Å². The summed E-state index contributed by atoms with van der Waals surface area (Å²) in [6.07, 6.45) is 2.01. The lowest BCUT2D eigenvalue weighted by atomic mass is 9.96. The monoisotopic (exact) mass is 558 g/mol. The Morgan fingerprint density at radius 3 is 2.41 bits per heavy atom. The number of ether oxygens (including phenoxy) is 1. The van der Waals surface area contributed by atoms with Crippen LogP contribution in [0.25, 0.3) is 0 Å². The fourth-order valence-corrected chi connectivity index (χ4v) is 5.23. The molecule has 4 rings (SSSR count). The predicted molar refractivity (Wildman–Crippen MR) is 134 cm³/mol. The Kier molecular flexibility index (Phi) is 8.08. The van der Waals surface area contributed by atoms with Crippen molar-refractivity contribution in [2.75, 3.05) is 11.4 Å². The van der Waals surface area contributed by atoms with Crippen molar-refractivity contribution in [2.24, 2.45) is 0 Å². The van der Waals surface area contributed by atoms with Crippen molar-refractivity contribution >= 4 is 40.8 Å². The second-order valence-corrected chi connectivity index (χ2v) is 10.5. The molecular weight excluding hydrogens is 532 g/mol. The average molecular weight is 559 g/mol. The highest BCUT2D eigenvalue weighted by Gasteiger charge is 2.43. The maximum absolute atomic E-state index is 13.6. The Labute approximate surface area is 222 Å². The van der Waals surface area contributed by atoms with Crippen molar-refractivity contribution in [1.82, 2.24) is 15.6 Å². The van der Waals surface area contributed by atoms with E-state index >= 15 is 0 Å². The van der Waals surface area contributed by atoms with Gasteiger partial charge in [-0.1, -0.05) is 23.2 Å². The molecule has 0 aliphatic carbocycles. The molecule has 2 atom stereocenters. The van der Waals surface area contributed by atoms with Gasteiger partial charge in [0.05, 0.1) is 17.1 Å². The Morgan fingerprint density at radius 1 is 1.14 bits per heavy atom. The summed E-state index contributed by atoms with van der Waals surface area (Å²) in [4.78, 5) is 31.7. The number of carbonyl (C=O) groups is 2. The number of nitrogens with zero attached hydrogens (tertiary/aromatic N) is 2. The van der Waals surface area contributed by atoms with E-state index in [0.717, 1.165) is 18.9 Å². The van der Waals surface area contributed by atoms with E-state index in [0.29, 0.717) is 18.7 Å². The van der Waals surface area contributed by atoms with Crippen molar-refractivity contribution in [2.45, 2.75) is 69.7 Å². The van der Waals surface area contributed by atoms with Crippen LogP contribution in [0.1, 0.15) is 49.9 Å². The lowest BCUT2D eigenvalue weighted by molar-refractivity contribution is -0.135. The lowest BCUT2D eigenvalue weighted by Gasteiger charge is -2.40. The van der Waals surface area contributed by atoms with Crippen LogP contribution < -0.4 is 20.3 Å². The van der Waals surface area contributed by atoms with Crippen molar-refractivity contribution in [3.05, 3.63) is 51.9 Å². The number of benzene rings is 1. The maximum atomic E-state index is 13.6. The molecule has 2 aliphatic heterocycles. The molecule has 3 heterocycles. The topological polar surface area (TPSA) is 83.6 Å². The molecule has 2 amide bonds. The Hall–Kier alpha value is -2.72. The number of aromatic nitrogens is 1. The molecule has 0 radical (unpaired) electrons. The first-order valence-corrected chi connectivity index (χ1v) is 12.7. The van der Waals surface area contributed by atoms with Crippen LogP contribution in [-0.4, -0.2) is 53.5 Å². The molecule has 1 aromatic carbocycles. The second-order valence-electron chi connectivity index (χ2n) is 9.73. The molecule has 2 aromatic rings. The summed E-state index contributed by atoms with van der Waals surface area (Å²) < 4.78 is 44.1. The van der Waals surface area contributed by atoms with E-state index in [2.05, 4.69) is 20.5 Å². The quantitative estimate of drug-likeness (QED) is 0.445. The molecule has 2 unspecified atom stereocenters. The first-order chi connectivity index (χ1) is 17.5. The van der Waals surface area contributed by atoms with Crippen LogP contribution in [0.2, 0.25) is 10.0 Å². The molecule has 2 aliphatic rings. The summed E-state index contributed by atoms with van der Waals surface area (Å²) in [5.41, 5.74) is -1.08. The minimum atomic E-state index is -2.62. The summed E-state index contributed by atoms with van der Waals surface area (Å²) >= 11 is 11.9. The van der Waals surface area contributed by atoms with Crippen molar-refractivity contribution in [3.63, 3.8) is 0 Å². The molecule has 37 heavy (non-hydrogen) atoms. The maximum Gasteiger partial charge on any atom is 0.263 e. The van der Waals surface area contributed by atoms with Crippen LogP contribution in [0.15, 0.2) is 30.5 Å². The third-order valence-corrected chi connectivity index (χ3v) is 7.51. The van der Waals surface area contributed by atoms with Crippen LogP contribution in [0.3, 0.4) is 0 Å². The number of alkyl halides is 2. The minimum absolute atomic E-state index is 0.0872. The van der Waals surface area contributed by atoms with Gasteiger partial charge in [0.1, 0.15) is 22.4 Å². The zero-order valence-corrected chi connectivity index (χ0v) is 21.8. The highest BCUT2D eigenvalue weighted by atomic mass is 35.5. The van der Waals surface area contributed by atoms with Crippen LogP contribution >= 0.6 is 23.2 Å². The molecule has 2 N–H and O–H groups in total. The number of hydrogen-bond donors (Lipinski definition) is 2. The summed E-state index contributed by atoms with van der Waals surface area (Å²) in [5, 5.41) is 4.87. The number of piperidine rings is 1. The molecule has 7 nitrogen and oxygen atoms in total. The summed E-state index contributed by atoms with van der Waals surface area (Å²) in [6.45, 7) is 2.49. The van der Waals surface area contributed by atoms with Gasteiger partial charge in [-0.2, -0.15) is 0 Å². The van der Waals surface area contributed by atoms with E-state index in [-0.39, 0.29) is 45.4 Å². The van der Waals surface area contributed by atoms with Gasteiger partial charge in [-0.15, -0.1) is 0 Å². The number of halogens is 5. The third kappa shape index (κ3) is 6.06. The van der Waals surface area contributed by atoms with Crippen LogP contribution in [0.4, 0.5) is 19.0 Å². The highest BCUT2D eigenvalue weighted by molar-refractivity contribution is 6.43. The van der Waals surface area contributed by atoms with Crippen LogP contribution in [-0.2, 0) is 4.79 Å². The summed E-state index contributed by atoms with van der Waals surface area (Å²) in [7, 11) is 0. The van der Waals surface area contributed by atoms with Gasteiger partial charge >= 0.3 is 0 Å². The zero-order valence-electron chi connectivity index (χ0n) is 20.2. The summed E-state index contributed by atoms with van der Waals surface area (Å²) in [5.74, 6) is -0.797. The van der Waals surface area contributed by atoms with Crippen molar-refractivity contribution in [1.29, 1.82) is 0 Å². The number of amides is 2. The Balaban J connectivity index is 1.37. The highest BCUT2D eigenvalue weighted by Crippen LogP contribution is 2.39. The smallest absolute Gasteiger partial charge is 0.263 e. The second kappa shape index (κ2) is 10.9. The largest absolute Gasteiger partial charge is 0.476 e. The molecule has 0 spiro atoms. The number of fused-ring (bicyclic) bond motifs is 2. The summed E-state index contributed by atoms with van der Waals surface area (Å²) in [6, 6.07) is 5.95. The average Bonchev–Trinajstić information content (AvgIpc) is 3.12. The van der Waals surface area contributed by atoms with Crippen LogP contribution in [0, 0.1) is 5.82 Å². The van der Waals surface area contributed by atoms with E-state index in [1.54, 1.807) is 26.0 Å². The van der Waals surface area contributed by atoms with Gasteiger partial charge in [-0.05, 0) is 63.8 Å². The fourth-order valence-electron chi connectivity index (χ4n) is 4.88. The van der Waals surface area contributed by atoms with Gasteiger partial charge in [-0.3, -0.25) is 9.59 Å². The molecular formula is C25H27Cl2F3N4O3. The van der Waals surface area contributed by atoms with Gasteiger partial charge < -0.3 is 20.3 Å². The Bertz CT molecular complexity index is 1150. The first kappa shape index (κ1) is 27.3. The fraction of sp³-hybridized carbons (Fsp3) is 0.480. The molecule has 2 saturated heterocycles. The third-order valence-electron chi connectivity index (χ3n) is 6.67. The van der Waals surface area contributed by atoms with Crippen LogP contribution in [0.5, 0.6) is 5.75 Å². The number of carbonyl (C=O) groups excluding carboxylic acids is 2. The predicted octanol–water partition coefficient (Wildman–Crippen LogP) is 5.00. The first-order valence-electron chi connectivity index (χ1n) is 11.9. The van der Waals surface area contributed by atoms with Gasteiger partial charge in [0.15, 0.2) is 5.60 Å². The van der Waals surface area contributed by atoms with E-state index in [4.69, 9.17) is 27.9 Å². The number of nitrogens with one attached hydrogen (secondary N) is 2. The number of hydrogen-bond acceptors (Lipinski definition) is 5. The van der Waals surface area contributed by atoms with Gasteiger partial charge in [0.2, 0.25) is 0 Å². The van der Waals surface area contributed by atoms with Crippen molar-refractivity contribution < 1.29 is 27.5 Å². The zero-order chi connectivity index (χ0) is 26.9. The Morgan fingerprint density at radius 2 is 1.81 bits per heavy atom. The lowest BCUT2D eigenvalue weighted by Crippen LogP contribution is -2.55. The minimum Gasteiger partial charge on any atom is -0.476 e. The van der Waals surface area contributed by atoms with Gasteiger partial charge in [0, 0.05) is 24.3 Å². The molecule has 0 saturated carbocycles. The molecule has 2 bridgehead atoms.